The molecule has 0 amide bonds. The molecule has 10 heteroatoms. The van der Waals surface area contributed by atoms with Crippen molar-refractivity contribution in [1.82, 2.24) is 19.3 Å². The Morgan fingerprint density at radius 3 is 2.61 bits per heavy atom. The van der Waals surface area contributed by atoms with Crippen molar-refractivity contribution in [2.75, 3.05) is 5.32 Å². The number of nitrogens with zero attached hydrogens (tertiary/aromatic N) is 3. The molecule has 0 aliphatic carbocycles. The van der Waals surface area contributed by atoms with Gasteiger partial charge in [-0.25, -0.2) is 18.1 Å². The summed E-state index contributed by atoms with van der Waals surface area (Å²) in [4.78, 5) is 17.1. The Morgan fingerprint density at radius 1 is 1.21 bits per heavy atom. The number of hydrogen-bond donors (Lipinski definition) is 2. The average molecular weight is 422 g/mol. The van der Waals surface area contributed by atoms with E-state index >= 15 is 0 Å². The summed E-state index contributed by atoms with van der Waals surface area (Å²) in [5, 5.41) is 7.99. The first-order valence-corrected chi connectivity index (χ1v) is 11.4. The van der Waals surface area contributed by atoms with E-state index in [1.807, 2.05) is 25.1 Å². The summed E-state index contributed by atoms with van der Waals surface area (Å²) in [6.45, 7) is 5.91. The van der Waals surface area contributed by atoms with Gasteiger partial charge in [0.05, 0.1) is 5.75 Å². The number of rotatable bonds is 8. The van der Waals surface area contributed by atoms with Gasteiger partial charge in [0.2, 0.25) is 20.1 Å². The van der Waals surface area contributed by atoms with Crippen molar-refractivity contribution in [2.24, 2.45) is 0 Å². The van der Waals surface area contributed by atoms with Gasteiger partial charge in [-0.05, 0) is 31.4 Å². The second kappa shape index (κ2) is 8.38. The molecular formula is C18H23N5O3S2. The maximum atomic E-state index is 12.3. The molecule has 0 bridgehead atoms. The van der Waals surface area contributed by atoms with Gasteiger partial charge >= 0.3 is 0 Å². The normalized spacial score (nSPS) is 12.0. The standard InChI is InChI=1S/C18H23N5O3S2/c1-4-15-9-16(24)23-18(20-15)27-17(21-23)19-10-13-7-5-6-8-14(13)11-28(25,26)22-12(2)3/h5-9,12,22H,4,10-11H2,1-3H3,(H,19,21). The molecule has 3 rings (SSSR count). The topological polar surface area (TPSA) is 105 Å². The lowest BCUT2D eigenvalue weighted by atomic mass is 10.1. The Balaban J connectivity index is 1.79. The lowest BCUT2D eigenvalue weighted by molar-refractivity contribution is 0.569. The SMILES string of the molecule is CCc1cc(=O)n2nc(NCc3ccccc3CS(=O)(=O)NC(C)C)sc2n1. The van der Waals surface area contributed by atoms with Gasteiger partial charge in [0, 0.05) is 24.3 Å². The highest BCUT2D eigenvalue weighted by molar-refractivity contribution is 7.88. The quantitative estimate of drug-likeness (QED) is 0.577. The van der Waals surface area contributed by atoms with Crippen LogP contribution in [0.2, 0.25) is 0 Å². The fraction of sp³-hybridized carbons (Fsp3) is 0.389. The van der Waals surface area contributed by atoms with E-state index in [0.717, 1.165) is 11.3 Å². The molecule has 0 radical (unpaired) electrons. The fourth-order valence-corrected chi connectivity index (χ4v) is 5.07. The van der Waals surface area contributed by atoms with Crippen molar-refractivity contribution >= 4 is 31.5 Å². The van der Waals surface area contributed by atoms with E-state index in [-0.39, 0.29) is 17.4 Å². The number of benzene rings is 1. The van der Waals surface area contributed by atoms with E-state index in [2.05, 4.69) is 20.1 Å². The van der Waals surface area contributed by atoms with Crippen molar-refractivity contribution in [3.8, 4) is 0 Å². The van der Waals surface area contributed by atoms with Crippen LogP contribution < -0.4 is 15.6 Å². The number of aryl methyl sites for hydroxylation is 1. The summed E-state index contributed by atoms with van der Waals surface area (Å²) >= 11 is 1.29. The van der Waals surface area contributed by atoms with E-state index in [4.69, 9.17) is 0 Å². The van der Waals surface area contributed by atoms with Crippen molar-refractivity contribution in [3.63, 3.8) is 0 Å². The van der Waals surface area contributed by atoms with Gasteiger partial charge in [0.15, 0.2) is 0 Å². The molecule has 28 heavy (non-hydrogen) atoms. The molecule has 1 aromatic carbocycles. The molecule has 0 saturated carbocycles. The van der Waals surface area contributed by atoms with Crippen LogP contribution in [0.4, 0.5) is 5.13 Å². The Hall–Kier alpha value is -2.30. The van der Waals surface area contributed by atoms with Crippen LogP contribution in [0.25, 0.3) is 4.96 Å². The minimum Gasteiger partial charge on any atom is -0.356 e. The number of anilines is 1. The highest BCUT2D eigenvalue weighted by Crippen LogP contribution is 2.19. The molecule has 0 saturated heterocycles. The minimum atomic E-state index is -3.42. The van der Waals surface area contributed by atoms with Crippen molar-refractivity contribution in [2.45, 2.75) is 45.5 Å². The highest BCUT2D eigenvalue weighted by atomic mass is 32.2. The summed E-state index contributed by atoms with van der Waals surface area (Å²) in [7, 11) is -3.42. The van der Waals surface area contributed by atoms with Gasteiger partial charge in [-0.2, -0.15) is 4.52 Å². The van der Waals surface area contributed by atoms with Crippen LogP contribution in [-0.4, -0.2) is 29.1 Å². The van der Waals surface area contributed by atoms with Crippen LogP contribution in [0.3, 0.4) is 0 Å². The average Bonchev–Trinajstić information content (AvgIpc) is 3.03. The van der Waals surface area contributed by atoms with E-state index in [1.54, 1.807) is 19.9 Å². The Labute approximate surface area is 167 Å². The van der Waals surface area contributed by atoms with E-state index in [9.17, 15) is 13.2 Å². The molecule has 2 heterocycles. The molecule has 0 atom stereocenters. The maximum absolute atomic E-state index is 12.3. The summed E-state index contributed by atoms with van der Waals surface area (Å²) in [5.74, 6) is -0.0935. The minimum absolute atomic E-state index is 0.0935. The molecule has 0 spiro atoms. The number of sulfonamides is 1. The molecule has 2 aromatic heterocycles. The third kappa shape index (κ3) is 4.94. The van der Waals surface area contributed by atoms with Crippen molar-refractivity contribution in [3.05, 3.63) is 57.5 Å². The van der Waals surface area contributed by atoms with Crippen molar-refractivity contribution in [1.29, 1.82) is 0 Å². The maximum Gasteiger partial charge on any atom is 0.275 e. The smallest absolute Gasteiger partial charge is 0.275 e. The summed E-state index contributed by atoms with van der Waals surface area (Å²) in [6.07, 6.45) is 0.679. The molecule has 0 fully saturated rings. The predicted octanol–water partition coefficient (Wildman–Crippen LogP) is 2.15. The first kappa shape index (κ1) is 20.4. The van der Waals surface area contributed by atoms with Crippen LogP contribution in [0.1, 0.15) is 37.6 Å². The van der Waals surface area contributed by atoms with Gasteiger partial charge < -0.3 is 5.32 Å². The summed E-state index contributed by atoms with van der Waals surface area (Å²) < 4.78 is 28.4. The van der Waals surface area contributed by atoms with Crippen LogP contribution in [-0.2, 0) is 28.7 Å². The lowest BCUT2D eigenvalue weighted by Gasteiger charge is -2.13. The van der Waals surface area contributed by atoms with Gasteiger partial charge in [0.25, 0.3) is 5.56 Å². The van der Waals surface area contributed by atoms with Crippen molar-refractivity contribution < 1.29 is 8.42 Å². The van der Waals surface area contributed by atoms with E-state index < -0.39 is 10.0 Å². The number of fused-ring (bicyclic) bond motifs is 1. The molecule has 3 aromatic rings. The molecular weight excluding hydrogens is 398 g/mol. The Kier molecular flexibility index (Phi) is 6.11. The van der Waals surface area contributed by atoms with Crippen LogP contribution in [0.5, 0.6) is 0 Å². The number of nitrogens with one attached hydrogen (secondary N) is 2. The van der Waals surface area contributed by atoms with Crippen LogP contribution in [0, 0.1) is 0 Å². The monoisotopic (exact) mass is 421 g/mol. The number of aromatic nitrogens is 3. The predicted molar refractivity (Wildman–Crippen MR) is 111 cm³/mol. The fourth-order valence-electron chi connectivity index (χ4n) is 2.76. The largest absolute Gasteiger partial charge is 0.356 e. The molecule has 8 nitrogen and oxygen atoms in total. The lowest BCUT2D eigenvalue weighted by Crippen LogP contribution is -2.31. The van der Waals surface area contributed by atoms with Gasteiger partial charge in [-0.1, -0.05) is 42.5 Å². The van der Waals surface area contributed by atoms with E-state index in [0.29, 0.717) is 28.6 Å². The molecule has 0 aliphatic rings. The zero-order valence-corrected chi connectivity index (χ0v) is 17.6. The molecule has 0 unspecified atom stereocenters. The summed E-state index contributed by atoms with van der Waals surface area (Å²) in [5.41, 5.74) is 2.09. The third-order valence-corrected chi connectivity index (χ3v) is 6.36. The molecule has 2 N–H and O–H groups in total. The zero-order valence-electron chi connectivity index (χ0n) is 16.0. The van der Waals surface area contributed by atoms with Crippen LogP contribution >= 0.6 is 11.3 Å². The van der Waals surface area contributed by atoms with Crippen LogP contribution in [0.15, 0.2) is 35.1 Å². The first-order chi connectivity index (χ1) is 13.3. The Bertz CT molecular complexity index is 1140. The second-order valence-electron chi connectivity index (χ2n) is 6.69. The number of hydrogen-bond acceptors (Lipinski definition) is 7. The van der Waals surface area contributed by atoms with Gasteiger partial charge in [-0.3, -0.25) is 4.79 Å². The molecule has 0 aliphatic heterocycles. The zero-order chi connectivity index (χ0) is 20.3. The molecule has 150 valence electrons. The Morgan fingerprint density at radius 2 is 1.93 bits per heavy atom. The third-order valence-electron chi connectivity index (χ3n) is 3.97. The highest BCUT2D eigenvalue weighted by Gasteiger charge is 2.16. The van der Waals surface area contributed by atoms with Gasteiger partial charge in [-0.15, -0.1) is 5.10 Å². The van der Waals surface area contributed by atoms with E-state index in [1.165, 1.54) is 21.9 Å². The summed E-state index contributed by atoms with van der Waals surface area (Å²) in [6, 6.07) is 8.68. The first-order valence-electron chi connectivity index (χ1n) is 8.98. The second-order valence-corrected chi connectivity index (χ2v) is 9.40. The van der Waals surface area contributed by atoms with Gasteiger partial charge in [0.1, 0.15) is 0 Å².